The van der Waals surface area contributed by atoms with Crippen LogP contribution < -0.4 is 0 Å². The van der Waals surface area contributed by atoms with Gasteiger partial charge in [0.25, 0.3) is 0 Å². The third-order valence-corrected chi connectivity index (χ3v) is 4.19. The minimum Gasteiger partial charge on any atom is -0.396 e. The van der Waals surface area contributed by atoms with Crippen molar-refractivity contribution in [1.29, 1.82) is 0 Å². The fraction of sp³-hybridized carbons (Fsp3) is 0.867. The second-order valence-electron chi connectivity index (χ2n) is 6.42. The molecule has 0 radical (unpaired) electrons. The summed E-state index contributed by atoms with van der Waals surface area (Å²) in [4.78, 5) is 0. The highest BCUT2D eigenvalue weighted by molar-refractivity contribution is 5.03. The minimum atomic E-state index is 0.106. The van der Waals surface area contributed by atoms with Gasteiger partial charge in [0.1, 0.15) is 0 Å². The summed E-state index contributed by atoms with van der Waals surface area (Å²) in [5, 5.41) is 9.24. The van der Waals surface area contributed by atoms with Crippen LogP contribution in [0.1, 0.15) is 59.8 Å². The van der Waals surface area contributed by atoms with Crippen LogP contribution >= 0.6 is 0 Å². The molecule has 1 nitrogen and oxygen atoms in total. The largest absolute Gasteiger partial charge is 0.396 e. The van der Waals surface area contributed by atoms with Crippen LogP contribution in [-0.2, 0) is 0 Å². The first kappa shape index (κ1) is 13.8. The van der Waals surface area contributed by atoms with Crippen molar-refractivity contribution in [2.75, 3.05) is 6.61 Å². The molecule has 1 N–H and O–H groups in total. The maximum atomic E-state index is 9.24. The Morgan fingerprint density at radius 2 is 2.19 bits per heavy atom. The Bertz CT molecular complexity index is 240. The van der Waals surface area contributed by atoms with Crippen LogP contribution in [0, 0.1) is 17.3 Å². The summed E-state index contributed by atoms with van der Waals surface area (Å²) < 4.78 is 0. The molecule has 0 fully saturated rings. The van der Waals surface area contributed by atoms with E-state index in [0.29, 0.717) is 6.61 Å². The number of hydrogen-bond acceptors (Lipinski definition) is 1. The van der Waals surface area contributed by atoms with Crippen molar-refractivity contribution in [1.82, 2.24) is 0 Å². The topological polar surface area (TPSA) is 20.2 Å². The van der Waals surface area contributed by atoms with Crippen LogP contribution in [0.4, 0.5) is 0 Å². The molecule has 0 aromatic carbocycles. The van der Waals surface area contributed by atoms with Gasteiger partial charge in [0, 0.05) is 6.61 Å². The van der Waals surface area contributed by atoms with Crippen molar-refractivity contribution >= 4 is 0 Å². The number of rotatable bonds is 5. The monoisotopic (exact) mass is 224 g/mol. The number of aliphatic hydroxyl groups excluding tert-OH is 1. The highest BCUT2D eigenvalue weighted by atomic mass is 16.3. The van der Waals surface area contributed by atoms with Crippen molar-refractivity contribution in [2.45, 2.75) is 59.8 Å². The van der Waals surface area contributed by atoms with E-state index < -0.39 is 0 Å². The number of hydrogen-bond donors (Lipinski definition) is 1. The van der Waals surface area contributed by atoms with E-state index >= 15 is 0 Å². The van der Waals surface area contributed by atoms with Gasteiger partial charge in [-0.2, -0.15) is 0 Å². The maximum absolute atomic E-state index is 9.24. The Morgan fingerprint density at radius 3 is 2.69 bits per heavy atom. The number of aliphatic hydroxyl groups is 1. The van der Waals surface area contributed by atoms with E-state index in [-0.39, 0.29) is 5.41 Å². The van der Waals surface area contributed by atoms with Crippen molar-refractivity contribution < 1.29 is 5.11 Å². The van der Waals surface area contributed by atoms with E-state index in [1.807, 2.05) is 0 Å². The van der Waals surface area contributed by atoms with Gasteiger partial charge in [-0.3, -0.25) is 0 Å². The Kier molecular flexibility index (Phi) is 5.04. The standard InChI is InChI=1S/C15H28O/c1-12-5-7-14(8-6-12)13(2)9-10-15(3,4)11-16/h5,13-14,16H,6-11H2,1-4H3/t13-,14-/m1/s1. The molecule has 0 aliphatic heterocycles. The molecule has 0 unspecified atom stereocenters. The van der Waals surface area contributed by atoms with E-state index in [1.54, 1.807) is 5.57 Å². The van der Waals surface area contributed by atoms with Crippen LogP contribution in [0.5, 0.6) is 0 Å². The normalized spacial score (nSPS) is 24.1. The Balaban J connectivity index is 2.33. The second kappa shape index (κ2) is 5.86. The van der Waals surface area contributed by atoms with Gasteiger partial charge in [-0.05, 0) is 56.3 Å². The van der Waals surface area contributed by atoms with Crippen LogP contribution in [0.2, 0.25) is 0 Å². The van der Waals surface area contributed by atoms with E-state index in [9.17, 15) is 5.11 Å². The lowest BCUT2D eigenvalue weighted by molar-refractivity contribution is 0.136. The van der Waals surface area contributed by atoms with Gasteiger partial charge in [0.05, 0.1) is 0 Å². The van der Waals surface area contributed by atoms with Crippen molar-refractivity contribution in [3.05, 3.63) is 11.6 Å². The predicted octanol–water partition coefficient (Wildman–Crippen LogP) is 4.17. The summed E-state index contributed by atoms with van der Waals surface area (Å²) in [6, 6.07) is 0. The van der Waals surface area contributed by atoms with Gasteiger partial charge in [0.2, 0.25) is 0 Å². The minimum absolute atomic E-state index is 0.106. The van der Waals surface area contributed by atoms with E-state index in [4.69, 9.17) is 0 Å². The molecule has 0 aromatic heterocycles. The summed E-state index contributed by atoms with van der Waals surface area (Å²) in [6.07, 6.45) is 8.74. The summed E-state index contributed by atoms with van der Waals surface area (Å²) >= 11 is 0. The smallest absolute Gasteiger partial charge is 0.0482 e. The molecule has 1 rings (SSSR count). The fourth-order valence-electron chi connectivity index (χ4n) is 2.44. The van der Waals surface area contributed by atoms with Gasteiger partial charge >= 0.3 is 0 Å². The highest BCUT2D eigenvalue weighted by Gasteiger charge is 2.23. The van der Waals surface area contributed by atoms with Crippen LogP contribution in [0.15, 0.2) is 11.6 Å². The molecular formula is C15H28O. The SMILES string of the molecule is CC1=CC[C@@H]([C@H](C)CCC(C)(C)CO)CC1. The van der Waals surface area contributed by atoms with Crippen molar-refractivity contribution in [3.8, 4) is 0 Å². The first-order valence-corrected chi connectivity index (χ1v) is 6.71. The summed E-state index contributed by atoms with van der Waals surface area (Å²) in [5.41, 5.74) is 1.67. The molecule has 0 amide bonds. The zero-order valence-electron chi connectivity index (χ0n) is 11.4. The molecule has 1 heteroatoms. The lowest BCUT2D eigenvalue weighted by Crippen LogP contribution is -2.20. The Hall–Kier alpha value is -0.300. The molecule has 16 heavy (non-hydrogen) atoms. The average Bonchev–Trinajstić information content (AvgIpc) is 2.27. The third-order valence-electron chi connectivity index (χ3n) is 4.19. The first-order chi connectivity index (χ1) is 7.44. The van der Waals surface area contributed by atoms with E-state index in [2.05, 4.69) is 33.8 Å². The summed E-state index contributed by atoms with van der Waals surface area (Å²) in [6.45, 7) is 9.25. The first-order valence-electron chi connectivity index (χ1n) is 6.71. The average molecular weight is 224 g/mol. The zero-order chi connectivity index (χ0) is 12.2. The molecule has 1 aliphatic carbocycles. The molecule has 0 spiro atoms. The predicted molar refractivity (Wildman–Crippen MR) is 70.4 cm³/mol. The van der Waals surface area contributed by atoms with Gasteiger partial charge in [-0.1, -0.05) is 32.4 Å². The van der Waals surface area contributed by atoms with Gasteiger partial charge in [-0.25, -0.2) is 0 Å². The molecule has 0 saturated heterocycles. The molecule has 0 bridgehead atoms. The van der Waals surface area contributed by atoms with Crippen LogP contribution in [0.3, 0.4) is 0 Å². The quantitative estimate of drug-likeness (QED) is 0.695. The van der Waals surface area contributed by atoms with Gasteiger partial charge in [0.15, 0.2) is 0 Å². The van der Waals surface area contributed by atoms with Crippen molar-refractivity contribution in [2.24, 2.45) is 17.3 Å². The summed E-state index contributed by atoms with van der Waals surface area (Å²) in [5.74, 6) is 1.67. The van der Waals surface area contributed by atoms with Crippen LogP contribution in [-0.4, -0.2) is 11.7 Å². The van der Waals surface area contributed by atoms with Gasteiger partial charge in [-0.15, -0.1) is 0 Å². The fourth-order valence-corrected chi connectivity index (χ4v) is 2.44. The Labute approximate surface area is 101 Å². The molecule has 0 heterocycles. The molecule has 1 aliphatic rings. The van der Waals surface area contributed by atoms with E-state index in [0.717, 1.165) is 18.3 Å². The molecule has 0 saturated carbocycles. The third kappa shape index (κ3) is 4.29. The summed E-state index contributed by atoms with van der Waals surface area (Å²) in [7, 11) is 0. The molecular weight excluding hydrogens is 196 g/mol. The van der Waals surface area contributed by atoms with E-state index in [1.165, 1.54) is 25.7 Å². The lowest BCUT2D eigenvalue weighted by Gasteiger charge is -2.29. The molecule has 94 valence electrons. The Morgan fingerprint density at radius 1 is 1.50 bits per heavy atom. The number of allylic oxidation sites excluding steroid dienone is 2. The molecule has 2 atom stereocenters. The highest BCUT2D eigenvalue weighted by Crippen LogP contribution is 2.34. The second-order valence-corrected chi connectivity index (χ2v) is 6.42. The zero-order valence-corrected chi connectivity index (χ0v) is 11.4. The van der Waals surface area contributed by atoms with Crippen molar-refractivity contribution in [3.63, 3.8) is 0 Å². The van der Waals surface area contributed by atoms with Gasteiger partial charge < -0.3 is 5.11 Å². The van der Waals surface area contributed by atoms with Crippen LogP contribution in [0.25, 0.3) is 0 Å². The maximum Gasteiger partial charge on any atom is 0.0482 e. The molecule has 0 aromatic rings. The lowest BCUT2D eigenvalue weighted by atomic mass is 9.77.